The molecule has 18 heavy (non-hydrogen) atoms. The summed E-state index contributed by atoms with van der Waals surface area (Å²) in [7, 11) is 0. The molecule has 0 aromatic heterocycles. The van der Waals surface area contributed by atoms with Crippen LogP contribution in [0.1, 0.15) is 52.4 Å². The molecule has 1 aliphatic carbocycles. The monoisotopic (exact) mass is 253 g/mol. The van der Waals surface area contributed by atoms with Gasteiger partial charge in [-0.05, 0) is 39.2 Å². The fraction of sp³-hybridized carbons (Fsp3) is 0.800. The maximum absolute atomic E-state index is 11.6. The van der Waals surface area contributed by atoms with Gasteiger partial charge in [-0.15, -0.1) is 0 Å². The second-order valence-corrected chi connectivity index (χ2v) is 4.91. The predicted octanol–water partition coefficient (Wildman–Crippen LogP) is 3.15. The summed E-state index contributed by atoms with van der Waals surface area (Å²) in [5.41, 5.74) is 0. The van der Waals surface area contributed by atoms with Crippen LogP contribution < -0.4 is 0 Å². The van der Waals surface area contributed by atoms with Gasteiger partial charge in [0, 0.05) is 6.04 Å². The van der Waals surface area contributed by atoms with Crippen molar-refractivity contribution in [1.29, 1.82) is 0 Å². The fourth-order valence-electron chi connectivity index (χ4n) is 2.47. The third kappa shape index (κ3) is 5.67. The molecule has 0 spiro atoms. The van der Waals surface area contributed by atoms with Gasteiger partial charge in [0.15, 0.2) is 0 Å². The van der Waals surface area contributed by atoms with Crippen LogP contribution in [0.2, 0.25) is 0 Å². The highest BCUT2D eigenvalue weighted by molar-refractivity contribution is 5.71. The Morgan fingerprint density at radius 1 is 1.33 bits per heavy atom. The first-order chi connectivity index (χ1) is 8.77. The minimum atomic E-state index is -0.0959. The Kier molecular flexibility index (Phi) is 7.74. The van der Waals surface area contributed by atoms with E-state index in [9.17, 15) is 4.79 Å². The Bertz CT molecular complexity index is 263. The Labute approximate surface area is 111 Å². The lowest BCUT2D eigenvalue weighted by atomic mass is 10.0. The van der Waals surface area contributed by atoms with Crippen molar-refractivity contribution in [1.82, 2.24) is 4.90 Å². The Morgan fingerprint density at radius 3 is 2.89 bits per heavy atom. The van der Waals surface area contributed by atoms with E-state index >= 15 is 0 Å². The number of nitrogens with zero attached hydrogens (tertiary/aromatic N) is 1. The topological polar surface area (TPSA) is 29.5 Å². The van der Waals surface area contributed by atoms with E-state index < -0.39 is 0 Å². The lowest BCUT2D eigenvalue weighted by Crippen LogP contribution is -2.39. The largest absolute Gasteiger partial charge is 0.465 e. The molecule has 0 fully saturated rings. The van der Waals surface area contributed by atoms with Crippen molar-refractivity contribution < 1.29 is 9.53 Å². The van der Waals surface area contributed by atoms with Gasteiger partial charge in [-0.3, -0.25) is 9.69 Å². The van der Waals surface area contributed by atoms with E-state index in [1.807, 2.05) is 6.92 Å². The molecular formula is C15H27NO2. The molecule has 0 aromatic carbocycles. The summed E-state index contributed by atoms with van der Waals surface area (Å²) in [6.07, 6.45) is 11.8. The van der Waals surface area contributed by atoms with E-state index in [0.717, 1.165) is 19.4 Å². The van der Waals surface area contributed by atoms with Crippen molar-refractivity contribution in [3.8, 4) is 0 Å². The van der Waals surface area contributed by atoms with Crippen LogP contribution in [0, 0.1) is 0 Å². The van der Waals surface area contributed by atoms with E-state index in [2.05, 4.69) is 24.0 Å². The Hall–Kier alpha value is -0.830. The van der Waals surface area contributed by atoms with Gasteiger partial charge in [-0.2, -0.15) is 0 Å². The summed E-state index contributed by atoms with van der Waals surface area (Å²) in [5.74, 6) is -0.0959. The zero-order valence-corrected chi connectivity index (χ0v) is 11.9. The van der Waals surface area contributed by atoms with Crippen molar-refractivity contribution in [2.45, 2.75) is 58.4 Å². The first-order valence-corrected chi connectivity index (χ1v) is 7.34. The standard InChI is InChI=1S/C15H27NO2/c1-3-12-16(13-15(17)18-4-2)14-10-8-6-5-7-9-11-14/h8,10,14H,3-7,9,11-13H2,1-2H3/b10-8+. The van der Waals surface area contributed by atoms with Gasteiger partial charge in [0.1, 0.15) is 0 Å². The number of hydrogen-bond donors (Lipinski definition) is 0. The molecule has 3 heteroatoms. The van der Waals surface area contributed by atoms with E-state index in [1.165, 1.54) is 25.7 Å². The van der Waals surface area contributed by atoms with Crippen LogP contribution in [0.3, 0.4) is 0 Å². The molecule has 3 nitrogen and oxygen atoms in total. The number of carbonyl (C=O) groups is 1. The predicted molar refractivity (Wildman–Crippen MR) is 74.5 cm³/mol. The van der Waals surface area contributed by atoms with Crippen LogP contribution in [0.15, 0.2) is 12.2 Å². The average molecular weight is 253 g/mol. The highest BCUT2D eigenvalue weighted by Crippen LogP contribution is 2.16. The van der Waals surface area contributed by atoms with Gasteiger partial charge in [-0.25, -0.2) is 0 Å². The highest BCUT2D eigenvalue weighted by Gasteiger charge is 2.19. The van der Waals surface area contributed by atoms with Crippen LogP contribution in [0.5, 0.6) is 0 Å². The SMILES string of the molecule is CCCN(CC(=O)OCC)C1/C=C/CCCCC1. The van der Waals surface area contributed by atoms with Gasteiger partial charge >= 0.3 is 5.97 Å². The molecule has 0 aromatic rings. The van der Waals surface area contributed by atoms with Crippen LogP contribution in [-0.2, 0) is 9.53 Å². The minimum Gasteiger partial charge on any atom is -0.465 e. The van der Waals surface area contributed by atoms with Crippen LogP contribution >= 0.6 is 0 Å². The fourth-order valence-corrected chi connectivity index (χ4v) is 2.47. The summed E-state index contributed by atoms with van der Waals surface area (Å²) < 4.78 is 5.06. The van der Waals surface area contributed by atoms with E-state index in [1.54, 1.807) is 0 Å². The molecule has 0 radical (unpaired) electrons. The number of allylic oxidation sites excluding steroid dienone is 1. The number of carbonyl (C=O) groups excluding carboxylic acids is 1. The summed E-state index contributed by atoms with van der Waals surface area (Å²) in [6.45, 7) is 5.88. The summed E-state index contributed by atoms with van der Waals surface area (Å²) >= 11 is 0. The molecule has 0 bridgehead atoms. The second kappa shape index (κ2) is 9.15. The Balaban J connectivity index is 2.57. The Morgan fingerprint density at radius 2 is 2.17 bits per heavy atom. The van der Waals surface area contributed by atoms with Gasteiger partial charge in [-0.1, -0.05) is 31.9 Å². The molecule has 1 atom stereocenters. The van der Waals surface area contributed by atoms with Crippen molar-refractivity contribution in [2.24, 2.45) is 0 Å². The van der Waals surface area contributed by atoms with E-state index in [-0.39, 0.29) is 5.97 Å². The zero-order chi connectivity index (χ0) is 13.2. The zero-order valence-electron chi connectivity index (χ0n) is 11.9. The van der Waals surface area contributed by atoms with Crippen LogP contribution in [0.4, 0.5) is 0 Å². The quantitative estimate of drug-likeness (QED) is 0.538. The molecular weight excluding hydrogens is 226 g/mol. The normalized spacial score (nSPS) is 22.3. The van der Waals surface area contributed by atoms with Gasteiger partial charge in [0.25, 0.3) is 0 Å². The third-order valence-corrected chi connectivity index (χ3v) is 3.35. The summed E-state index contributed by atoms with van der Waals surface area (Å²) in [4.78, 5) is 13.9. The molecule has 0 heterocycles. The maximum Gasteiger partial charge on any atom is 0.320 e. The molecule has 1 aliphatic rings. The second-order valence-electron chi connectivity index (χ2n) is 4.91. The average Bonchev–Trinajstić information content (AvgIpc) is 2.28. The smallest absolute Gasteiger partial charge is 0.320 e. The first kappa shape index (κ1) is 15.2. The molecule has 0 amide bonds. The molecule has 0 aliphatic heterocycles. The number of rotatable bonds is 6. The number of ether oxygens (including phenoxy) is 1. The van der Waals surface area contributed by atoms with E-state index in [0.29, 0.717) is 19.2 Å². The molecule has 0 saturated heterocycles. The molecule has 1 rings (SSSR count). The van der Waals surface area contributed by atoms with Crippen LogP contribution in [-0.4, -0.2) is 36.6 Å². The molecule has 104 valence electrons. The van der Waals surface area contributed by atoms with Gasteiger partial charge in [0.2, 0.25) is 0 Å². The number of esters is 1. The maximum atomic E-state index is 11.6. The van der Waals surface area contributed by atoms with Crippen LogP contribution in [0.25, 0.3) is 0 Å². The molecule has 1 unspecified atom stereocenters. The van der Waals surface area contributed by atoms with Gasteiger partial charge in [0.05, 0.1) is 13.2 Å². The van der Waals surface area contributed by atoms with E-state index in [4.69, 9.17) is 4.74 Å². The van der Waals surface area contributed by atoms with Crippen molar-refractivity contribution in [2.75, 3.05) is 19.7 Å². The molecule has 0 saturated carbocycles. The molecule has 0 N–H and O–H groups in total. The number of hydrogen-bond acceptors (Lipinski definition) is 3. The lowest BCUT2D eigenvalue weighted by molar-refractivity contribution is -0.144. The van der Waals surface area contributed by atoms with Gasteiger partial charge < -0.3 is 4.74 Å². The third-order valence-electron chi connectivity index (χ3n) is 3.35. The van der Waals surface area contributed by atoms with Crippen molar-refractivity contribution in [3.63, 3.8) is 0 Å². The lowest BCUT2D eigenvalue weighted by Gasteiger charge is -2.29. The first-order valence-electron chi connectivity index (χ1n) is 7.34. The minimum absolute atomic E-state index is 0.0959. The summed E-state index contributed by atoms with van der Waals surface area (Å²) in [5, 5.41) is 0. The summed E-state index contributed by atoms with van der Waals surface area (Å²) in [6, 6.07) is 0.412. The van der Waals surface area contributed by atoms with Crippen molar-refractivity contribution in [3.05, 3.63) is 12.2 Å². The highest BCUT2D eigenvalue weighted by atomic mass is 16.5. The van der Waals surface area contributed by atoms with Crippen molar-refractivity contribution >= 4 is 5.97 Å².